The first-order valence-corrected chi connectivity index (χ1v) is 10.0. The van der Waals surface area contributed by atoms with Crippen LogP contribution in [0.15, 0.2) is 67.0 Å². The minimum atomic E-state index is -0.360. The SMILES string of the molecule is Cc1cccc(NC(=O)CNC(=O)c2cnc3c(cnn3Cc3ccccc3)c2)c1C. The summed E-state index contributed by atoms with van der Waals surface area (Å²) in [4.78, 5) is 29.2. The molecule has 0 saturated carbocycles. The van der Waals surface area contributed by atoms with Crippen LogP contribution in [0.2, 0.25) is 0 Å². The summed E-state index contributed by atoms with van der Waals surface area (Å²) in [6, 6.07) is 17.4. The number of carbonyl (C=O) groups is 2. The molecule has 4 aromatic rings. The number of nitrogens with one attached hydrogen (secondary N) is 2. The zero-order valence-electron chi connectivity index (χ0n) is 17.4. The van der Waals surface area contributed by atoms with Gasteiger partial charge < -0.3 is 10.6 Å². The summed E-state index contributed by atoms with van der Waals surface area (Å²) in [5, 5.41) is 10.6. The van der Waals surface area contributed by atoms with Crippen LogP contribution >= 0.6 is 0 Å². The van der Waals surface area contributed by atoms with E-state index in [2.05, 4.69) is 20.7 Å². The molecule has 2 heterocycles. The van der Waals surface area contributed by atoms with Gasteiger partial charge in [0.15, 0.2) is 5.65 Å². The Morgan fingerprint density at radius 3 is 2.61 bits per heavy atom. The number of hydrogen-bond donors (Lipinski definition) is 2. The van der Waals surface area contributed by atoms with Crippen LogP contribution in [0, 0.1) is 13.8 Å². The van der Waals surface area contributed by atoms with Crippen molar-refractivity contribution in [2.45, 2.75) is 20.4 Å². The van der Waals surface area contributed by atoms with E-state index >= 15 is 0 Å². The van der Waals surface area contributed by atoms with Crippen LogP contribution in [0.4, 0.5) is 5.69 Å². The Morgan fingerprint density at radius 2 is 1.81 bits per heavy atom. The molecule has 2 aromatic heterocycles. The molecule has 0 atom stereocenters. The lowest BCUT2D eigenvalue weighted by Gasteiger charge is -2.11. The van der Waals surface area contributed by atoms with Crippen molar-refractivity contribution in [1.82, 2.24) is 20.1 Å². The number of pyridine rings is 1. The summed E-state index contributed by atoms with van der Waals surface area (Å²) < 4.78 is 1.80. The number of anilines is 1. The van der Waals surface area contributed by atoms with Gasteiger partial charge >= 0.3 is 0 Å². The molecule has 7 nitrogen and oxygen atoms in total. The molecule has 2 N–H and O–H groups in total. The van der Waals surface area contributed by atoms with Gasteiger partial charge in [0.05, 0.1) is 24.8 Å². The lowest BCUT2D eigenvalue weighted by molar-refractivity contribution is -0.115. The summed E-state index contributed by atoms with van der Waals surface area (Å²) >= 11 is 0. The van der Waals surface area contributed by atoms with Gasteiger partial charge in [0.1, 0.15) is 0 Å². The third-order valence-corrected chi connectivity index (χ3v) is 5.20. The van der Waals surface area contributed by atoms with Crippen molar-refractivity contribution in [3.8, 4) is 0 Å². The number of aryl methyl sites for hydroxylation is 1. The Balaban J connectivity index is 1.40. The van der Waals surface area contributed by atoms with Gasteiger partial charge in [-0.2, -0.15) is 5.10 Å². The van der Waals surface area contributed by atoms with Gasteiger partial charge in [-0.05, 0) is 42.7 Å². The van der Waals surface area contributed by atoms with Crippen molar-refractivity contribution >= 4 is 28.5 Å². The molecule has 0 saturated heterocycles. The Labute approximate surface area is 180 Å². The van der Waals surface area contributed by atoms with Gasteiger partial charge in [-0.15, -0.1) is 0 Å². The molecule has 4 rings (SSSR count). The predicted molar refractivity (Wildman–Crippen MR) is 120 cm³/mol. The molecule has 0 fully saturated rings. The zero-order valence-corrected chi connectivity index (χ0v) is 17.4. The van der Waals surface area contributed by atoms with Crippen molar-refractivity contribution in [3.63, 3.8) is 0 Å². The lowest BCUT2D eigenvalue weighted by atomic mass is 10.1. The van der Waals surface area contributed by atoms with Crippen LogP contribution in [0.3, 0.4) is 0 Å². The van der Waals surface area contributed by atoms with E-state index in [9.17, 15) is 9.59 Å². The molecule has 0 bridgehead atoms. The monoisotopic (exact) mass is 413 g/mol. The number of aromatic nitrogens is 3. The van der Waals surface area contributed by atoms with E-state index < -0.39 is 0 Å². The fourth-order valence-electron chi connectivity index (χ4n) is 3.31. The number of fused-ring (bicyclic) bond motifs is 1. The Morgan fingerprint density at radius 1 is 1.00 bits per heavy atom. The van der Waals surface area contributed by atoms with Gasteiger partial charge in [0, 0.05) is 17.3 Å². The average Bonchev–Trinajstić information content (AvgIpc) is 3.18. The van der Waals surface area contributed by atoms with Crippen LogP contribution in [-0.2, 0) is 11.3 Å². The summed E-state index contributed by atoms with van der Waals surface area (Å²) in [6.07, 6.45) is 3.19. The molecular weight excluding hydrogens is 390 g/mol. The second kappa shape index (κ2) is 8.79. The molecule has 7 heteroatoms. The number of carbonyl (C=O) groups excluding carboxylic acids is 2. The smallest absolute Gasteiger partial charge is 0.253 e. The maximum Gasteiger partial charge on any atom is 0.253 e. The quantitative estimate of drug-likeness (QED) is 0.507. The third kappa shape index (κ3) is 4.61. The van der Waals surface area contributed by atoms with Gasteiger partial charge in [0.25, 0.3) is 5.91 Å². The molecule has 156 valence electrons. The Kier molecular flexibility index (Phi) is 5.75. The van der Waals surface area contributed by atoms with E-state index in [0.29, 0.717) is 17.8 Å². The predicted octanol–water partition coefficient (Wildman–Crippen LogP) is 3.46. The van der Waals surface area contributed by atoms with E-state index in [1.165, 1.54) is 6.20 Å². The average molecular weight is 413 g/mol. The molecule has 0 aliphatic rings. The van der Waals surface area contributed by atoms with E-state index in [1.54, 1.807) is 16.9 Å². The summed E-state index contributed by atoms with van der Waals surface area (Å²) in [5.74, 6) is -0.645. The Hall–Kier alpha value is -4.00. The number of hydrogen-bond acceptors (Lipinski definition) is 4. The first kappa shape index (κ1) is 20.3. The van der Waals surface area contributed by atoms with Crippen LogP contribution in [0.5, 0.6) is 0 Å². The highest BCUT2D eigenvalue weighted by Gasteiger charge is 2.13. The minimum absolute atomic E-state index is 0.127. The van der Waals surface area contributed by atoms with Crippen molar-refractivity contribution in [1.29, 1.82) is 0 Å². The van der Waals surface area contributed by atoms with Crippen LogP contribution in [0.1, 0.15) is 27.0 Å². The van der Waals surface area contributed by atoms with Crippen molar-refractivity contribution < 1.29 is 9.59 Å². The van der Waals surface area contributed by atoms with E-state index in [0.717, 1.165) is 27.8 Å². The topological polar surface area (TPSA) is 88.9 Å². The molecule has 0 spiro atoms. The van der Waals surface area contributed by atoms with Crippen molar-refractivity contribution in [3.05, 3.63) is 89.2 Å². The highest BCUT2D eigenvalue weighted by atomic mass is 16.2. The van der Waals surface area contributed by atoms with E-state index in [-0.39, 0.29) is 18.4 Å². The number of nitrogens with zero attached hydrogens (tertiary/aromatic N) is 3. The molecule has 0 unspecified atom stereocenters. The van der Waals surface area contributed by atoms with Crippen LogP contribution in [-0.4, -0.2) is 33.1 Å². The van der Waals surface area contributed by atoms with Gasteiger partial charge in [0.2, 0.25) is 5.91 Å². The van der Waals surface area contributed by atoms with Gasteiger partial charge in [-0.25, -0.2) is 9.67 Å². The molecule has 2 amide bonds. The summed E-state index contributed by atoms with van der Waals surface area (Å²) in [7, 11) is 0. The fraction of sp³-hybridized carbons (Fsp3) is 0.167. The highest BCUT2D eigenvalue weighted by molar-refractivity contribution is 6.00. The first-order chi connectivity index (χ1) is 15.0. The highest BCUT2D eigenvalue weighted by Crippen LogP contribution is 2.18. The maximum absolute atomic E-state index is 12.5. The van der Waals surface area contributed by atoms with Gasteiger partial charge in [-0.3, -0.25) is 9.59 Å². The third-order valence-electron chi connectivity index (χ3n) is 5.20. The molecule has 0 aliphatic heterocycles. The van der Waals surface area contributed by atoms with Crippen molar-refractivity contribution in [2.24, 2.45) is 0 Å². The zero-order chi connectivity index (χ0) is 21.8. The molecular formula is C24H23N5O2. The largest absolute Gasteiger partial charge is 0.343 e. The lowest BCUT2D eigenvalue weighted by Crippen LogP contribution is -2.33. The fourth-order valence-corrected chi connectivity index (χ4v) is 3.31. The number of benzene rings is 2. The normalized spacial score (nSPS) is 10.8. The standard InChI is InChI=1S/C24H23N5O2/c1-16-7-6-10-21(17(16)2)28-22(30)14-26-24(31)20-11-19-13-27-29(23(19)25-12-20)15-18-8-4-3-5-9-18/h3-13H,14-15H2,1-2H3,(H,26,31)(H,28,30). The number of rotatable bonds is 6. The number of amides is 2. The molecule has 31 heavy (non-hydrogen) atoms. The molecule has 0 radical (unpaired) electrons. The van der Waals surface area contributed by atoms with Gasteiger partial charge in [-0.1, -0.05) is 42.5 Å². The molecule has 2 aromatic carbocycles. The Bertz CT molecular complexity index is 1250. The van der Waals surface area contributed by atoms with E-state index in [4.69, 9.17) is 0 Å². The molecule has 0 aliphatic carbocycles. The minimum Gasteiger partial charge on any atom is -0.343 e. The maximum atomic E-state index is 12.5. The second-order valence-corrected chi connectivity index (χ2v) is 7.40. The van der Waals surface area contributed by atoms with Crippen molar-refractivity contribution in [2.75, 3.05) is 11.9 Å². The first-order valence-electron chi connectivity index (χ1n) is 10.0. The van der Waals surface area contributed by atoms with Crippen LogP contribution in [0.25, 0.3) is 11.0 Å². The summed E-state index contributed by atoms with van der Waals surface area (Å²) in [6.45, 7) is 4.40. The van der Waals surface area contributed by atoms with Crippen LogP contribution < -0.4 is 10.6 Å². The summed E-state index contributed by atoms with van der Waals surface area (Å²) in [5.41, 5.74) is 5.04. The van der Waals surface area contributed by atoms with E-state index in [1.807, 2.05) is 62.4 Å². The second-order valence-electron chi connectivity index (χ2n) is 7.40.